The van der Waals surface area contributed by atoms with Crippen molar-refractivity contribution in [1.29, 1.82) is 0 Å². The number of alkyl halides is 1. The van der Waals surface area contributed by atoms with E-state index in [0.29, 0.717) is 52.1 Å². The van der Waals surface area contributed by atoms with Crippen LogP contribution in [0.15, 0.2) is 63.3 Å². The fourth-order valence-corrected chi connectivity index (χ4v) is 12.2. The van der Waals surface area contributed by atoms with E-state index >= 15 is 0 Å². The number of carbonyl (C=O) groups excluding carboxylic acids is 3. The van der Waals surface area contributed by atoms with Crippen molar-refractivity contribution < 1.29 is 29.4 Å². The Balaban J connectivity index is 0.000000200. The molecule has 0 aliphatic heterocycles. The number of aldehydes is 1. The van der Waals surface area contributed by atoms with Crippen LogP contribution < -0.4 is 0 Å². The molecule has 2 N–H and O–H groups in total. The number of hydrogen-bond donors (Lipinski definition) is 2. The van der Waals surface area contributed by atoms with E-state index in [9.17, 15) is 24.3 Å². The van der Waals surface area contributed by atoms with Crippen molar-refractivity contribution in [2.75, 3.05) is 25.0 Å². The maximum absolute atomic E-state index is 12.6. The number of Topliss-reactive ketones (excluding diaryl/α,β-unsaturated/α-hetero) is 2. The first-order valence-electron chi connectivity index (χ1n) is 24.0. The van der Waals surface area contributed by atoms with Crippen LogP contribution in [0.1, 0.15) is 172 Å². The standard InChI is InChI=1S/C12H14Br2N2OS.C12H17BrN2OS.C12H15BrN2OS.C7H12O.C6H5BrN2O2S/c1-18-11-15-7-8(13)9(16-11)10(17)12(14)5-3-2-4-6-12;2*1-17-12-14-7-9(13)10(15-12)11(16)8-5-3-2-4-6-8;8-6-7-4-2-1-3-5-7;1-12-6-8-2-3(7)4(9-6)5(10)11/h7H,2-6H2,1H3;7-8,11,16H,2-6H2,1H3;7-8H,2-6H2,1H3;6-7H,1-5H2;2H,1H3,(H,10,11). The number of aromatic carboxylic acids is 1. The summed E-state index contributed by atoms with van der Waals surface area (Å²) in [7, 11) is 0. The summed E-state index contributed by atoms with van der Waals surface area (Å²) < 4.78 is 2.17. The van der Waals surface area contributed by atoms with Gasteiger partial charge in [-0.1, -0.05) is 140 Å². The monoisotopic (exact) mass is 1380 g/mol. The molecule has 0 radical (unpaired) electrons. The molecule has 72 heavy (non-hydrogen) atoms. The largest absolute Gasteiger partial charge is 0.476 e. The summed E-state index contributed by atoms with van der Waals surface area (Å²) in [6.45, 7) is 0. The molecule has 4 aliphatic carbocycles. The Labute approximate surface area is 482 Å². The van der Waals surface area contributed by atoms with Gasteiger partial charge >= 0.3 is 5.97 Å². The molecule has 0 amide bonds. The zero-order valence-corrected chi connectivity index (χ0v) is 52.2. The summed E-state index contributed by atoms with van der Waals surface area (Å²) in [6.07, 6.45) is 37.6. The second-order valence-corrected chi connectivity index (χ2v) is 25.5. The zero-order chi connectivity index (χ0) is 52.6. The Kier molecular flexibility index (Phi) is 29.5. The van der Waals surface area contributed by atoms with Gasteiger partial charge in [-0.25, -0.2) is 44.7 Å². The highest BCUT2D eigenvalue weighted by molar-refractivity contribution is 9.11. The summed E-state index contributed by atoms with van der Waals surface area (Å²) >= 11 is 22.6. The molecule has 394 valence electrons. The van der Waals surface area contributed by atoms with E-state index in [1.807, 2.05) is 18.8 Å². The number of rotatable bonds is 12. The first-order chi connectivity index (χ1) is 34.6. The molecule has 23 heteroatoms. The molecule has 0 aromatic carbocycles. The second kappa shape index (κ2) is 33.7. The van der Waals surface area contributed by atoms with Crippen molar-refractivity contribution in [2.24, 2.45) is 17.8 Å². The molecule has 8 rings (SSSR count). The summed E-state index contributed by atoms with van der Waals surface area (Å²) in [6, 6.07) is 0. The van der Waals surface area contributed by atoms with Crippen molar-refractivity contribution >= 4 is 151 Å². The van der Waals surface area contributed by atoms with Gasteiger partial charge in [-0.15, -0.1) is 0 Å². The third kappa shape index (κ3) is 20.2. The predicted molar refractivity (Wildman–Crippen MR) is 307 cm³/mol. The molecular formula is C49H63Br5N8O6S4. The molecule has 1 atom stereocenters. The van der Waals surface area contributed by atoms with Gasteiger partial charge in [-0.3, -0.25) is 9.59 Å². The van der Waals surface area contributed by atoms with Gasteiger partial charge in [-0.2, -0.15) is 0 Å². The van der Waals surface area contributed by atoms with Crippen LogP contribution in [0, 0.1) is 17.8 Å². The van der Waals surface area contributed by atoms with E-state index in [0.717, 1.165) is 98.7 Å². The van der Waals surface area contributed by atoms with E-state index in [1.54, 1.807) is 24.8 Å². The molecule has 14 nitrogen and oxygen atoms in total. The van der Waals surface area contributed by atoms with Crippen LogP contribution in [0.2, 0.25) is 0 Å². The lowest BCUT2D eigenvalue weighted by molar-refractivity contribution is -0.111. The minimum absolute atomic E-state index is 0.00523. The van der Waals surface area contributed by atoms with Crippen LogP contribution in [0.4, 0.5) is 0 Å². The minimum Gasteiger partial charge on any atom is -0.476 e. The van der Waals surface area contributed by atoms with Crippen LogP contribution in [0.25, 0.3) is 0 Å². The predicted octanol–water partition coefficient (Wildman–Crippen LogP) is 15.0. The van der Waals surface area contributed by atoms with Crippen molar-refractivity contribution in [3.8, 4) is 0 Å². The smallest absolute Gasteiger partial charge is 0.355 e. The number of aromatic nitrogens is 8. The van der Waals surface area contributed by atoms with E-state index < -0.39 is 16.4 Å². The molecule has 0 saturated heterocycles. The minimum atomic E-state index is -1.06. The molecule has 4 aromatic rings. The first-order valence-corrected chi connectivity index (χ1v) is 32.9. The molecule has 4 aromatic heterocycles. The van der Waals surface area contributed by atoms with Crippen molar-refractivity contribution in [1.82, 2.24) is 39.9 Å². The maximum atomic E-state index is 12.6. The van der Waals surface area contributed by atoms with Crippen LogP contribution in [-0.2, 0) is 4.79 Å². The van der Waals surface area contributed by atoms with Crippen molar-refractivity contribution in [3.05, 3.63) is 65.5 Å². The fraction of sp³-hybridized carbons (Fsp3) is 0.592. The van der Waals surface area contributed by atoms with Crippen LogP contribution in [0.3, 0.4) is 0 Å². The second-order valence-electron chi connectivity index (χ2n) is 17.5. The number of nitrogens with zero attached hydrogens (tertiary/aromatic N) is 8. The van der Waals surface area contributed by atoms with Crippen molar-refractivity contribution in [2.45, 2.75) is 159 Å². The number of aliphatic hydroxyl groups excluding tert-OH is 1. The molecule has 4 saturated carbocycles. The number of carbonyl (C=O) groups is 4. The van der Waals surface area contributed by atoms with Crippen LogP contribution >= 0.6 is 127 Å². The SMILES string of the molecule is CSc1ncc(Br)c(C(=O)C2(Br)CCCCC2)n1.CSc1ncc(Br)c(C(=O)C2CCCCC2)n1.CSc1ncc(Br)c(C(=O)O)n1.CSc1ncc(Br)c(C(O)C2CCCCC2)n1.O=CC1CCCCC1. The lowest BCUT2D eigenvalue weighted by Gasteiger charge is -2.29. The van der Waals surface area contributed by atoms with Gasteiger partial charge in [-0.05, 0) is 146 Å². The number of halogens is 5. The highest BCUT2D eigenvalue weighted by atomic mass is 79.9. The highest BCUT2D eigenvalue weighted by Crippen LogP contribution is 2.40. The molecular weight excluding hydrogens is 1320 g/mol. The van der Waals surface area contributed by atoms with Gasteiger partial charge in [0.15, 0.2) is 37.9 Å². The van der Waals surface area contributed by atoms with E-state index in [2.05, 4.69) is 120 Å². The Morgan fingerprint density at radius 2 is 0.958 bits per heavy atom. The van der Waals surface area contributed by atoms with E-state index in [-0.39, 0.29) is 23.2 Å². The van der Waals surface area contributed by atoms with E-state index in [4.69, 9.17) is 5.11 Å². The van der Waals surface area contributed by atoms with Crippen LogP contribution in [0.5, 0.6) is 0 Å². The summed E-state index contributed by atoms with van der Waals surface area (Å²) in [5, 5.41) is 21.5. The van der Waals surface area contributed by atoms with Crippen molar-refractivity contribution in [3.63, 3.8) is 0 Å². The first kappa shape index (κ1) is 63.1. The number of thioether (sulfide) groups is 4. The molecule has 4 aliphatic rings. The highest BCUT2D eigenvalue weighted by Gasteiger charge is 2.39. The zero-order valence-electron chi connectivity index (χ0n) is 41.0. The summed E-state index contributed by atoms with van der Waals surface area (Å²) in [5.74, 6) is 0.110. The third-order valence-corrected chi connectivity index (χ3v) is 18.3. The Morgan fingerprint density at radius 1 is 0.569 bits per heavy atom. The normalized spacial score (nSPS) is 17.4. The Morgan fingerprint density at radius 3 is 1.42 bits per heavy atom. The number of aliphatic hydroxyl groups is 1. The van der Waals surface area contributed by atoms with Gasteiger partial charge in [0.2, 0.25) is 0 Å². The number of hydrogen-bond acceptors (Lipinski definition) is 17. The third-order valence-electron chi connectivity index (χ3n) is 12.5. The maximum Gasteiger partial charge on any atom is 0.355 e. The number of ketones is 2. The molecule has 4 fully saturated rings. The topological polar surface area (TPSA) is 212 Å². The lowest BCUT2D eigenvalue weighted by atomic mass is 9.84. The Hall–Kier alpha value is -1.44. The Bertz CT molecular complexity index is 2380. The number of carboxylic acid groups (broad SMARTS) is 1. The van der Waals surface area contributed by atoms with Gasteiger partial charge < -0.3 is 15.0 Å². The van der Waals surface area contributed by atoms with E-state index in [1.165, 1.54) is 105 Å². The quantitative estimate of drug-likeness (QED) is 0.0444. The lowest BCUT2D eigenvalue weighted by Crippen LogP contribution is -2.35. The molecule has 0 bridgehead atoms. The fourth-order valence-electron chi connectivity index (χ4n) is 8.55. The average Bonchev–Trinajstić information content (AvgIpc) is 3.42. The van der Waals surface area contributed by atoms with Crippen LogP contribution in [-0.4, -0.2) is 103 Å². The molecule has 4 heterocycles. The summed E-state index contributed by atoms with van der Waals surface area (Å²) in [5.41, 5.74) is 1.79. The molecule has 0 spiro atoms. The number of carboxylic acids is 1. The van der Waals surface area contributed by atoms with Gasteiger partial charge in [0.05, 0.1) is 27.9 Å². The molecule has 1 unspecified atom stereocenters. The van der Waals surface area contributed by atoms with Gasteiger partial charge in [0.25, 0.3) is 0 Å². The summed E-state index contributed by atoms with van der Waals surface area (Å²) in [4.78, 5) is 78.9. The van der Waals surface area contributed by atoms with Gasteiger partial charge in [0.1, 0.15) is 23.8 Å². The van der Waals surface area contributed by atoms with Gasteiger partial charge in [0, 0.05) is 36.6 Å². The average molecular weight is 1390 g/mol.